The lowest BCUT2D eigenvalue weighted by Crippen LogP contribution is -2.43. The second-order valence-electron chi connectivity index (χ2n) is 9.27. The number of rotatable bonds is 28. The number of H-pyrrole nitrogens is 1. The lowest BCUT2D eigenvalue weighted by Gasteiger charge is -2.15. The number of aryl methyl sites for hydroxylation is 1. The van der Waals surface area contributed by atoms with E-state index in [0.717, 1.165) is 12.1 Å². The third-order valence-electron chi connectivity index (χ3n) is 5.69. The molecule has 0 aromatic carbocycles. The third-order valence-corrected chi connectivity index (χ3v) is 5.69. The van der Waals surface area contributed by atoms with Crippen LogP contribution in [0.2, 0.25) is 0 Å². The number of nitrogens with one attached hydrogen (secondary N) is 3. The van der Waals surface area contributed by atoms with E-state index in [1.54, 1.807) is 12.5 Å². The fraction of sp³-hybridized carbons (Fsp3) is 0.741. The molecule has 0 aliphatic carbocycles. The Morgan fingerprint density at radius 1 is 0.900 bits per heavy atom. The average Bonchev–Trinajstić information content (AvgIpc) is 3.46. The summed E-state index contributed by atoms with van der Waals surface area (Å²) in [5.41, 5.74) is 6.33. The van der Waals surface area contributed by atoms with Crippen LogP contribution in [0.1, 0.15) is 57.6 Å². The van der Waals surface area contributed by atoms with Gasteiger partial charge in [-0.15, -0.1) is 0 Å². The van der Waals surface area contributed by atoms with Crippen molar-refractivity contribution >= 4 is 23.4 Å². The van der Waals surface area contributed by atoms with E-state index >= 15 is 0 Å². The first kappa shape index (κ1) is 35.3. The number of amides is 2. The summed E-state index contributed by atoms with van der Waals surface area (Å²) >= 11 is 0. The third kappa shape index (κ3) is 20.2. The van der Waals surface area contributed by atoms with Gasteiger partial charge < -0.3 is 35.0 Å². The molecule has 40 heavy (non-hydrogen) atoms. The van der Waals surface area contributed by atoms with Crippen LogP contribution < -0.4 is 16.4 Å². The van der Waals surface area contributed by atoms with Gasteiger partial charge in [-0.25, -0.2) is 4.98 Å². The Bertz CT molecular complexity index is 822. The molecule has 1 aromatic heterocycles. The molecular formula is C27H47N5O8. The molecule has 0 radical (unpaired) electrons. The molecule has 1 heterocycles. The summed E-state index contributed by atoms with van der Waals surface area (Å²) in [7, 11) is 0. The van der Waals surface area contributed by atoms with E-state index in [4.69, 9.17) is 24.7 Å². The van der Waals surface area contributed by atoms with Gasteiger partial charge in [-0.05, 0) is 38.5 Å². The molecule has 1 aromatic rings. The number of nitrogens with two attached hydrogens (primary N) is 1. The number of ketones is 2. The number of nitrogens with zero attached hydrogens (tertiary/aromatic N) is 1. The summed E-state index contributed by atoms with van der Waals surface area (Å²) in [4.78, 5) is 54.2. The molecule has 0 saturated carbocycles. The maximum atomic E-state index is 12.0. The molecule has 1 rings (SSSR count). The fourth-order valence-electron chi connectivity index (χ4n) is 3.50. The molecule has 0 spiro atoms. The minimum absolute atomic E-state index is 0.0150. The van der Waals surface area contributed by atoms with Gasteiger partial charge in [-0.2, -0.15) is 0 Å². The molecule has 13 nitrogen and oxygen atoms in total. The van der Waals surface area contributed by atoms with Crippen molar-refractivity contribution in [1.82, 2.24) is 20.6 Å². The highest BCUT2D eigenvalue weighted by molar-refractivity contribution is 5.83. The van der Waals surface area contributed by atoms with E-state index in [1.165, 1.54) is 0 Å². The zero-order chi connectivity index (χ0) is 29.3. The molecule has 13 heteroatoms. The Kier molecular flexibility index (Phi) is 21.3. The molecule has 0 bridgehead atoms. The number of carbonyl (C=O) groups excluding carboxylic acids is 4. The lowest BCUT2D eigenvalue weighted by atomic mass is 10.1. The summed E-state index contributed by atoms with van der Waals surface area (Å²) in [6, 6.07) is -0.600. The number of hydrogen-bond donors (Lipinski definition) is 4. The summed E-state index contributed by atoms with van der Waals surface area (Å²) in [6.07, 6.45) is 7.87. The minimum atomic E-state index is -0.600. The van der Waals surface area contributed by atoms with Crippen molar-refractivity contribution in [2.45, 2.75) is 64.3 Å². The van der Waals surface area contributed by atoms with E-state index in [-0.39, 0.29) is 43.8 Å². The van der Waals surface area contributed by atoms with Gasteiger partial charge in [-0.1, -0.05) is 6.92 Å². The van der Waals surface area contributed by atoms with Gasteiger partial charge in [0.1, 0.15) is 19.0 Å². The molecular weight excluding hydrogens is 522 g/mol. The first-order valence-corrected chi connectivity index (χ1v) is 14.0. The number of aromatic nitrogens is 2. The molecule has 0 saturated heterocycles. The second-order valence-corrected chi connectivity index (χ2v) is 9.27. The number of carbonyl (C=O) groups is 4. The fourth-order valence-corrected chi connectivity index (χ4v) is 3.50. The van der Waals surface area contributed by atoms with Gasteiger partial charge in [0.15, 0.2) is 5.78 Å². The zero-order valence-electron chi connectivity index (χ0n) is 23.8. The van der Waals surface area contributed by atoms with Crippen LogP contribution in [0.4, 0.5) is 0 Å². The van der Waals surface area contributed by atoms with E-state index in [2.05, 4.69) is 20.6 Å². The highest BCUT2D eigenvalue weighted by atomic mass is 16.5. The molecule has 0 fully saturated rings. The largest absolute Gasteiger partial charge is 0.379 e. The van der Waals surface area contributed by atoms with Gasteiger partial charge in [0, 0.05) is 44.5 Å². The van der Waals surface area contributed by atoms with Crippen molar-refractivity contribution in [3.8, 4) is 0 Å². The molecule has 2 amide bonds. The topological polar surface area (TPSA) is 184 Å². The van der Waals surface area contributed by atoms with Crippen LogP contribution in [0.3, 0.4) is 0 Å². The molecule has 0 unspecified atom stereocenters. The van der Waals surface area contributed by atoms with Gasteiger partial charge in [0.05, 0.1) is 45.3 Å². The van der Waals surface area contributed by atoms with Crippen LogP contribution in [0.15, 0.2) is 12.5 Å². The molecule has 0 aliphatic rings. The van der Waals surface area contributed by atoms with Crippen LogP contribution in [-0.4, -0.2) is 105 Å². The molecule has 228 valence electrons. The zero-order valence-corrected chi connectivity index (χ0v) is 23.8. The predicted octanol–water partition coefficient (Wildman–Crippen LogP) is 0.467. The maximum Gasteiger partial charge on any atom is 0.245 e. The second kappa shape index (κ2) is 24.1. The molecule has 5 N–H and O–H groups in total. The quantitative estimate of drug-likeness (QED) is 0.103. The number of unbranched alkanes of at least 4 members (excludes halogenated alkanes) is 1. The van der Waals surface area contributed by atoms with Crippen molar-refractivity contribution in [3.63, 3.8) is 0 Å². The molecule has 1 atom stereocenters. The van der Waals surface area contributed by atoms with Crippen LogP contribution in [0.25, 0.3) is 0 Å². The maximum absolute atomic E-state index is 12.0. The number of primary amides is 1. The Labute approximate surface area is 236 Å². The smallest absolute Gasteiger partial charge is 0.245 e. The van der Waals surface area contributed by atoms with Gasteiger partial charge >= 0.3 is 0 Å². The highest BCUT2D eigenvalue weighted by Gasteiger charge is 2.16. The van der Waals surface area contributed by atoms with Gasteiger partial charge in [-0.3, -0.25) is 24.5 Å². The van der Waals surface area contributed by atoms with E-state index in [9.17, 15) is 19.2 Å². The standard InChI is InChI=1S/C27H47N5O8/c1-2-11-37-13-15-39-19-24(34)6-5-12-38-14-16-40-20-26(35)30-10-4-3-7-25(27(28)36)31-18-23(33)9-8-22-17-29-21-32-22/h17,21,25,31H,2-16,18-20H2,1H3,(H2,28,36)(H,29,32)(H,30,35)/t25-/m0/s1. The number of hydrogen-bond acceptors (Lipinski definition) is 10. The van der Waals surface area contributed by atoms with E-state index in [0.29, 0.717) is 84.5 Å². The SMILES string of the molecule is CCCOCCOCC(=O)CCCOCCOCC(=O)NCCCC[C@H](NCC(=O)CCc1cnc[nH]1)C(N)=O. The monoisotopic (exact) mass is 569 g/mol. The summed E-state index contributed by atoms with van der Waals surface area (Å²) < 4.78 is 21.3. The first-order valence-electron chi connectivity index (χ1n) is 14.0. The lowest BCUT2D eigenvalue weighted by molar-refractivity contribution is -0.127. The van der Waals surface area contributed by atoms with Crippen molar-refractivity contribution in [1.29, 1.82) is 0 Å². The predicted molar refractivity (Wildman–Crippen MR) is 148 cm³/mol. The number of ether oxygens (including phenoxy) is 4. The Morgan fingerprint density at radius 2 is 1.62 bits per heavy atom. The van der Waals surface area contributed by atoms with Crippen molar-refractivity contribution in [3.05, 3.63) is 18.2 Å². The van der Waals surface area contributed by atoms with Gasteiger partial charge in [0.25, 0.3) is 0 Å². The van der Waals surface area contributed by atoms with Crippen LogP contribution >= 0.6 is 0 Å². The number of Topliss-reactive ketones (excluding diaryl/α,β-unsaturated/α-hetero) is 2. The summed E-state index contributed by atoms with van der Waals surface area (Å²) in [5, 5.41) is 5.69. The van der Waals surface area contributed by atoms with Crippen LogP contribution in [-0.2, 0) is 44.5 Å². The average molecular weight is 570 g/mol. The highest BCUT2D eigenvalue weighted by Crippen LogP contribution is 2.02. The van der Waals surface area contributed by atoms with Gasteiger partial charge in [0.2, 0.25) is 11.8 Å². The Hall–Kier alpha value is -2.71. The van der Waals surface area contributed by atoms with E-state index in [1.807, 2.05) is 6.92 Å². The Balaban J connectivity index is 1.94. The van der Waals surface area contributed by atoms with E-state index < -0.39 is 11.9 Å². The van der Waals surface area contributed by atoms with Crippen molar-refractivity contribution < 1.29 is 38.1 Å². The summed E-state index contributed by atoms with van der Waals surface area (Å²) in [6.45, 7) is 5.20. The first-order chi connectivity index (χ1) is 19.4. The van der Waals surface area contributed by atoms with Crippen LogP contribution in [0.5, 0.6) is 0 Å². The van der Waals surface area contributed by atoms with Crippen LogP contribution in [0, 0.1) is 0 Å². The number of aromatic amines is 1. The summed E-state index contributed by atoms with van der Waals surface area (Å²) in [5.74, 6) is -0.733. The normalized spacial score (nSPS) is 11.8. The van der Waals surface area contributed by atoms with Crippen molar-refractivity contribution in [2.75, 3.05) is 65.9 Å². The Morgan fingerprint density at radius 3 is 2.33 bits per heavy atom. The van der Waals surface area contributed by atoms with Crippen molar-refractivity contribution in [2.24, 2.45) is 5.73 Å². The number of imidazole rings is 1. The molecule has 0 aliphatic heterocycles. The minimum Gasteiger partial charge on any atom is -0.379 e.